The van der Waals surface area contributed by atoms with Crippen LogP contribution in [0.15, 0.2) is 0 Å². The Kier molecular flexibility index (Phi) is 1.65. The molecule has 0 saturated heterocycles. The van der Waals surface area contributed by atoms with Crippen molar-refractivity contribution in [3.05, 3.63) is 0 Å². The van der Waals surface area contributed by atoms with Crippen molar-refractivity contribution >= 4 is 5.97 Å². The number of halogens is 2. The van der Waals surface area contributed by atoms with Crippen LogP contribution in [-0.2, 0) is 4.79 Å². The highest BCUT2D eigenvalue weighted by molar-refractivity contribution is 5.74. The molecule has 2 nitrogen and oxygen atoms in total. The van der Waals surface area contributed by atoms with Crippen LogP contribution in [0.5, 0.6) is 0 Å². The van der Waals surface area contributed by atoms with Gasteiger partial charge in [-0.05, 0) is 13.3 Å². The highest BCUT2D eigenvalue weighted by atomic mass is 19.3. The maximum absolute atomic E-state index is 12.5. The molecule has 11 heavy (non-hydrogen) atoms. The molecular formula is C7H10F2O2. The van der Waals surface area contributed by atoms with E-state index in [9.17, 15) is 13.6 Å². The first-order valence-corrected chi connectivity index (χ1v) is 3.47. The van der Waals surface area contributed by atoms with E-state index in [1.165, 1.54) is 6.92 Å². The lowest BCUT2D eigenvalue weighted by Gasteiger charge is -2.16. The van der Waals surface area contributed by atoms with E-state index in [-0.39, 0.29) is 12.8 Å². The molecule has 0 bridgehead atoms. The molecule has 1 fully saturated rings. The second kappa shape index (κ2) is 2.16. The predicted molar refractivity (Wildman–Crippen MR) is 34.5 cm³/mol. The number of rotatable bonds is 1. The third-order valence-corrected chi connectivity index (χ3v) is 2.21. The fourth-order valence-corrected chi connectivity index (χ4v) is 1.39. The Balaban J connectivity index is 2.73. The van der Waals surface area contributed by atoms with Gasteiger partial charge in [0.25, 0.3) is 0 Å². The zero-order valence-electron chi connectivity index (χ0n) is 6.23. The molecule has 1 rings (SSSR count). The molecule has 0 radical (unpaired) electrons. The van der Waals surface area contributed by atoms with Crippen LogP contribution in [0.25, 0.3) is 0 Å². The maximum atomic E-state index is 12.5. The molecule has 0 aromatic carbocycles. The summed E-state index contributed by atoms with van der Waals surface area (Å²) in [6, 6.07) is 0. The molecule has 1 N–H and O–H groups in total. The van der Waals surface area contributed by atoms with Crippen molar-refractivity contribution in [3.8, 4) is 0 Å². The van der Waals surface area contributed by atoms with Crippen LogP contribution in [-0.4, -0.2) is 17.0 Å². The number of alkyl halides is 2. The summed E-state index contributed by atoms with van der Waals surface area (Å²) in [5, 5.41) is 8.57. The summed E-state index contributed by atoms with van der Waals surface area (Å²) in [6.45, 7) is 1.37. The molecule has 0 aromatic heterocycles. The van der Waals surface area contributed by atoms with Gasteiger partial charge in [-0.3, -0.25) is 4.79 Å². The van der Waals surface area contributed by atoms with Crippen molar-refractivity contribution < 1.29 is 18.7 Å². The van der Waals surface area contributed by atoms with Gasteiger partial charge in [0.05, 0.1) is 5.41 Å². The number of carboxylic acid groups (broad SMARTS) is 1. The summed E-state index contributed by atoms with van der Waals surface area (Å²) in [5.41, 5.74) is -1.20. The van der Waals surface area contributed by atoms with E-state index in [0.29, 0.717) is 0 Å². The monoisotopic (exact) mass is 164 g/mol. The zero-order valence-corrected chi connectivity index (χ0v) is 6.23. The Morgan fingerprint density at radius 2 is 2.00 bits per heavy atom. The van der Waals surface area contributed by atoms with Crippen LogP contribution < -0.4 is 0 Å². The minimum atomic E-state index is -2.77. The minimum Gasteiger partial charge on any atom is -0.481 e. The van der Waals surface area contributed by atoms with Gasteiger partial charge in [0, 0.05) is 12.8 Å². The smallest absolute Gasteiger partial charge is 0.309 e. The Labute approximate surface area is 63.2 Å². The first-order valence-electron chi connectivity index (χ1n) is 3.47. The van der Waals surface area contributed by atoms with Gasteiger partial charge in [0.1, 0.15) is 0 Å². The predicted octanol–water partition coefficient (Wildman–Crippen LogP) is 1.90. The Morgan fingerprint density at radius 1 is 1.45 bits per heavy atom. The number of hydrogen-bond donors (Lipinski definition) is 1. The van der Waals surface area contributed by atoms with Gasteiger partial charge >= 0.3 is 5.97 Å². The second-order valence-corrected chi connectivity index (χ2v) is 3.40. The van der Waals surface area contributed by atoms with E-state index >= 15 is 0 Å². The average Bonchev–Trinajstić information content (AvgIpc) is 2.08. The molecule has 0 unspecified atom stereocenters. The first kappa shape index (κ1) is 8.43. The van der Waals surface area contributed by atoms with Crippen molar-refractivity contribution in [2.24, 2.45) is 5.41 Å². The molecule has 64 valence electrons. The third kappa shape index (κ3) is 1.49. The molecule has 0 aromatic rings. The van der Waals surface area contributed by atoms with Crippen LogP contribution in [0.3, 0.4) is 0 Å². The van der Waals surface area contributed by atoms with Gasteiger partial charge in [0.15, 0.2) is 0 Å². The van der Waals surface area contributed by atoms with Gasteiger partial charge in [-0.15, -0.1) is 0 Å². The molecule has 1 aliphatic rings. The molecular weight excluding hydrogens is 154 g/mol. The van der Waals surface area contributed by atoms with Crippen molar-refractivity contribution in [2.75, 3.05) is 0 Å². The van der Waals surface area contributed by atoms with E-state index in [1.807, 2.05) is 0 Å². The molecule has 0 heterocycles. The average molecular weight is 164 g/mol. The lowest BCUT2D eigenvalue weighted by Crippen LogP contribution is -2.26. The van der Waals surface area contributed by atoms with E-state index in [0.717, 1.165) is 0 Å². The number of hydrogen-bond acceptors (Lipinski definition) is 1. The molecule has 1 aliphatic carbocycles. The van der Waals surface area contributed by atoms with Gasteiger partial charge in [-0.25, -0.2) is 8.78 Å². The van der Waals surface area contributed by atoms with Gasteiger partial charge in [0.2, 0.25) is 5.92 Å². The number of carbonyl (C=O) groups is 1. The molecule has 0 amide bonds. The normalized spacial score (nSPS) is 35.5. The van der Waals surface area contributed by atoms with Crippen LogP contribution in [0.4, 0.5) is 8.78 Å². The lowest BCUT2D eigenvalue weighted by atomic mass is 9.89. The number of carboxylic acids is 1. The van der Waals surface area contributed by atoms with Crippen LogP contribution >= 0.6 is 0 Å². The maximum Gasteiger partial charge on any atom is 0.309 e. The summed E-state index contributed by atoms with van der Waals surface area (Å²) in [6.07, 6.45) is -0.736. The highest BCUT2D eigenvalue weighted by Gasteiger charge is 2.50. The van der Waals surface area contributed by atoms with Gasteiger partial charge < -0.3 is 5.11 Å². The van der Waals surface area contributed by atoms with E-state index < -0.39 is 23.7 Å². The van der Waals surface area contributed by atoms with Crippen LogP contribution in [0.2, 0.25) is 0 Å². The van der Waals surface area contributed by atoms with E-state index in [1.54, 1.807) is 0 Å². The van der Waals surface area contributed by atoms with Crippen LogP contribution in [0.1, 0.15) is 26.2 Å². The standard InChI is InChI=1S/C7H10F2O2/c1-6(5(10)11)2-3-7(8,9)4-6/h2-4H2,1H3,(H,10,11)/t6-/m1/s1. The van der Waals surface area contributed by atoms with Crippen molar-refractivity contribution in [2.45, 2.75) is 32.1 Å². The molecule has 0 aliphatic heterocycles. The molecule has 1 atom stereocenters. The third-order valence-electron chi connectivity index (χ3n) is 2.21. The Hall–Kier alpha value is -0.670. The summed E-state index contributed by atoms with van der Waals surface area (Å²) in [5.74, 6) is -3.89. The van der Waals surface area contributed by atoms with Crippen LogP contribution in [0, 0.1) is 5.41 Å². The van der Waals surface area contributed by atoms with E-state index in [4.69, 9.17) is 5.11 Å². The molecule has 1 saturated carbocycles. The van der Waals surface area contributed by atoms with Crippen molar-refractivity contribution in [1.29, 1.82) is 0 Å². The quantitative estimate of drug-likeness (QED) is 0.642. The lowest BCUT2D eigenvalue weighted by molar-refractivity contribution is -0.149. The molecule has 0 spiro atoms. The fraction of sp³-hybridized carbons (Fsp3) is 0.857. The van der Waals surface area contributed by atoms with E-state index in [2.05, 4.69) is 0 Å². The Bertz CT molecular complexity index is 191. The zero-order chi connectivity index (χ0) is 8.70. The summed E-state index contributed by atoms with van der Waals surface area (Å²) >= 11 is 0. The summed E-state index contributed by atoms with van der Waals surface area (Å²) in [4.78, 5) is 10.5. The van der Waals surface area contributed by atoms with Crippen molar-refractivity contribution in [3.63, 3.8) is 0 Å². The summed E-state index contributed by atoms with van der Waals surface area (Å²) in [7, 11) is 0. The van der Waals surface area contributed by atoms with Crippen molar-refractivity contribution in [1.82, 2.24) is 0 Å². The largest absolute Gasteiger partial charge is 0.481 e. The topological polar surface area (TPSA) is 37.3 Å². The SMILES string of the molecule is C[C@@]1(C(=O)O)CCC(F)(F)C1. The fourth-order valence-electron chi connectivity index (χ4n) is 1.39. The van der Waals surface area contributed by atoms with Gasteiger partial charge in [-0.2, -0.15) is 0 Å². The molecule has 4 heteroatoms. The first-order chi connectivity index (χ1) is 4.86. The minimum absolute atomic E-state index is 0.0787. The summed E-state index contributed by atoms with van der Waals surface area (Å²) < 4.78 is 25.1. The number of aliphatic carboxylic acids is 1. The second-order valence-electron chi connectivity index (χ2n) is 3.40. The highest BCUT2D eigenvalue weighted by Crippen LogP contribution is 2.46. The Morgan fingerprint density at radius 3 is 2.18 bits per heavy atom. The van der Waals surface area contributed by atoms with Gasteiger partial charge in [-0.1, -0.05) is 0 Å².